The summed E-state index contributed by atoms with van der Waals surface area (Å²) >= 11 is 5.37. The van der Waals surface area contributed by atoms with Gasteiger partial charge in [0.1, 0.15) is 0 Å². The van der Waals surface area contributed by atoms with E-state index in [1.807, 2.05) is 11.3 Å². The number of aryl methyl sites for hydroxylation is 2. The van der Waals surface area contributed by atoms with Gasteiger partial charge in [0, 0.05) is 14.2 Å². The third-order valence-electron chi connectivity index (χ3n) is 1.49. The molecular formula is C8H12BrNS. The van der Waals surface area contributed by atoms with Crippen LogP contribution in [0.2, 0.25) is 0 Å². The number of nitrogens with two attached hydrogens (primary N) is 1. The summed E-state index contributed by atoms with van der Waals surface area (Å²) in [6.07, 6.45) is 2.19. The molecule has 0 unspecified atom stereocenters. The molecule has 1 aromatic rings. The smallest absolute Gasteiger partial charge is 0.0317 e. The van der Waals surface area contributed by atoms with Crippen molar-refractivity contribution in [2.24, 2.45) is 5.73 Å². The zero-order valence-electron chi connectivity index (χ0n) is 6.56. The first-order valence-corrected chi connectivity index (χ1v) is 5.30. The van der Waals surface area contributed by atoms with E-state index in [2.05, 4.69) is 28.9 Å². The van der Waals surface area contributed by atoms with Crippen molar-refractivity contribution in [1.29, 1.82) is 0 Å². The quantitative estimate of drug-likeness (QED) is 0.854. The van der Waals surface area contributed by atoms with E-state index >= 15 is 0 Å². The third-order valence-corrected chi connectivity index (χ3v) is 3.57. The van der Waals surface area contributed by atoms with Crippen LogP contribution >= 0.6 is 27.3 Å². The highest BCUT2D eigenvalue weighted by Gasteiger charge is 2.02. The fourth-order valence-corrected chi connectivity index (χ4v) is 2.87. The van der Waals surface area contributed by atoms with Gasteiger partial charge >= 0.3 is 0 Å². The molecule has 0 radical (unpaired) electrons. The van der Waals surface area contributed by atoms with Crippen LogP contribution in [0.15, 0.2) is 10.5 Å². The molecule has 3 heteroatoms. The summed E-state index contributed by atoms with van der Waals surface area (Å²) in [6.45, 7) is 2.91. The highest BCUT2D eigenvalue weighted by Crippen LogP contribution is 2.27. The molecule has 1 heterocycles. The minimum atomic E-state index is 0.781. The largest absolute Gasteiger partial charge is 0.330 e. The van der Waals surface area contributed by atoms with E-state index in [0.717, 1.165) is 19.4 Å². The second-order valence-corrected chi connectivity index (χ2v) is 4.72. The molecule has 11 heavy (non-hydrogen) atoms. The number of thiophene rings is 1. The van der Waals surface area contributed by atoms with Crippen molar-refractivity contribution in [3.8, 4) is 0 Å². The molecule has 0 fully saturated rings. The molecule has 62 valence electrons. The number of hydrogen-bond donors (Lipinski definition) is 1. The highest BCUT2D eigenvalue weighted by atomic mass is 79.9. The van der Waals surface area contributed by atoms with E-state index in [-0.39, 0.29) is 0 Å². The maximum atomic E-state index is 5.42. The summed E-state index contributed by atoms with van der Waals surface area (Å²) in [7, 11) is 0. The second kappa shape index (κ2) is 4.24. The molecule has 1 rings (SSSR count). The lowest BCUT2D eigenvalue weighted by atomic mass is 10.3. The van der Waals surface area contributed by atoms with E-state index in [1.165, 1.54) is 14.2 Å². The van der Waals surface area contributed by atoms with Crippen molar-refractivity contribution in [3.05, 3.63) is 20.3 Å². The Bertz CT molecular complexity index is 232. The average Bonchev–Trinajstić information content (AvgIpc) is 2.26. The maximum absolute atomic E-state index is 5.42. The lowest BCUT2D eigenvalue weighted by Crippen LogP contribution is -1.99. The van der Waals surface area contributed by atoms with Gasteiger partial charge in [-0.2, -0.15) is 0 Å². The zero-order chi connectivity index (χ0) is 8.27. The van der Waals surface area contributed by atoms with Crippen LogP contribution in [0.5, 0.6) is 0 Å². The van der Waals surface area contributed by atoms with Gasteiger partial charge in [0.05, 0.1) is 0 Å². The standard InChI is InChI=1S/C8H12BrNS/c1-6-5-7(9)8(11-6)3-2-4-10/h5H,2-4,10H2,1H3. The molecule has 2 N–H and O–H groups in total. The first-order chi connectivity index (χ1) is 5.24. The molecule has 0 saturated heterocycles. The number of hydrogen-bond acceptors (Lipinski definition) is 2. The molecule has 1 nitrogen and oxygen atoms in total. The van der Waals surface area contributed by atoms with Gasteiger partial charge in [-0.1, -0.05) is 0 Å². The van der Waals surface area contributed by atoms with Crippen LogP contribution in [0.25, 0.3) is 0 Å². The van der Waals surface area contributed by atoms with Crippen molar-refractivity contribution in [2.75, 3.05) is 6.54 Å². The Balaban J connectivity index is 2.62. The van der Waals surface area contributed by atoms with Gasteiger partial charge in [0.15, 0.2) is 0 Å². The SMILES string of the molecule is Cc1cc(Br)c(CCCN)s1. The normalized spacial score (nSPS) is 10.5. The Labute approximate surface area is 79.7 Å². The Kier molecular flexibility index (Phi) is 3.55. The summed E-state index contributed by atoms with van der Waals surface area (Å²) in [5, 5.41) is 0. The van der Waals surface area contributed by atoms with Crippen LogP contribution in [0, 0.1) is 6.92 Å². The molecule has 0 aliphatic carbocycles. The van der Waals surface area contributed by atoms with Crippen molar-refractivity contribution in [1.82, 2.24) is 0 Å². The minimum absolute atomic E-state index is 0.781. The Morgan fingerprint density at radius 1 is 1.64 bits per heavy atom. The summed E-state index contributed by atoms with van der Waals surface area (Å²) in [6, 6.07) is 2.16. The highest BCUT2D eigenvalue weighted by molar-refractivity contribution is 9.10. The lowest BCUT2D eigenvalue weighted by molar-refractivity contribution is 0.841. The van der Waals surface area contributed by atoms with Crippen LogP contribution < -0.4 is 5.73 Å². The summed E-state index contributed by atoms with van der Waals surface area (Å²) in [4.78, 5) is 2.79. The predicted molar refractivity (Wildman–Crippen MR) is 54.1 cm³/mol. The fourth-order valence-electron chi connectivity index (χ4n) is 0.965. The molecule has 0 amide bonds. The van der Waals surface area contributed by atoms with Gasteiger partial charge in [-0.15, -0.1) is 11.3 Å². The molecule has 0 spiro atoms. The van der Waals surface area contributed by atoms with Crippen LogP contribution in [0.4, 0.5) is 0 Å². The molecule has 1 aromatic heterocycles. The molecular weight excluding hydrogens is 222 g/mol. The van der Waals surface area contributed by atoms with Gasteiger partial charge in [-0.3, -0.25) is 0 Å². The summed E-state index contributed by atoms with van der Waals surface area (Å²) in [5.41, 5.74) is 5.42. The Morgan fingerprint density at radius 2 is 2.36 bits per heavy atom. The molecule has 0 aliphatic heterocycles. The van der Waals surface area contributed by atoms with E-state index in [1.54, 1.807) is 0 Å². The minimum Gasteiger partial charge on any atom is -0.330 e. The van der Waals surface area contributed by atoms with Crippen molar-refractivity contribution in [3.63, 3.8) is 0 Å². The number of halogens is 1. The zero-order valence-corrected chi connectivity index (χ0v) is 8.96. The van der Waals surface area contributed by atoms with Crippen molar-refractivity contribution in [2.45, 2.75) is 19.8 Å². The van der Waals surface area contributed by atoms with Gasteiger partial charge in [0.2, 0.25) is 0 Å². The summed E-state index contributed by atoms with van der Waals surface area (Å²) in [5.74, 6) is 0. The van der Waals surface area contributed by atoms with Gasteiger partial charge < -0.3 is 5.73 Å². The molecule has 0 atom stereocenters. The molecule has 0 aliphatic rings. The molecule has 0 saturated carbocycles. The summed E-state index contributed by atoms with van der Waals surface area (Å²) < 4.78 is 1.24. The predicted octanol–water partition coefficient (Wildman–Crippen LogP) is 2.71. The van der Waals surface area contributed by atoms with Gasteiger partial charge in [-0.05, 0) is 48.3 Å². The second-order valence-electron chi connectivity index (χ2n) is 2.52. The first-order valence-electron chi connectivity index (χ1n) is 3.69. The fraction of sp³-hybridized carbons (Fsp3) is 0.500. The van der Waals surface area contributed by atoms with E-state index in [4.69, 9.17) is 5.73 Å². The van der Waals surface area contributed by atoms with Gasteiger partial charge in [0.25, 0.3) is 0 Å². The van der Waals surface area contributed by atoms with Crippen LogP contribution in [-0.4, -0.2) is 6.54 Å². The number of rotatable bonds is 3. The van der Waals surface area contributed by atoms with E-state index in [9.17, 15) is 0 Å². The topological polar surface area (TPSA) is 26.0 Å². The van der Waals surface area contributed by atoms with Crippen LogP contribution in [0.3, 0.4) is 0 Å². The molecule has 0 bridgehead atoms. The monoisotopic (exact) mass is 233 g/mol. The van der Waals surface area contributed by atoms with E-state index < -0.39 is 0 Å². The van der Waals surface area contributed by atoms with Gasteiger partial charge in [-0.25, -0.2) is 0 Å². The maximum Gasteiger partial charge on any atom is 0.0317 e. The van der Waals surface area contributed by atoms with E-state index in [0.29, 0.717) is 0 Å². The Hall–Kier alpha value is 0.140. The average molecular weight is 234 g/mol. The van der Waals surface area contributed by atoms with Crippen molar-refractivity contribution >= 4 is 27.3 Å². The third kappa shape index (κ3) is 2.58. The molecule has 0 aromatic carbocycles. The van der Waals surface area contributed by atoms with Crippen LogP contribution in [0.1, 0.15) is 16.2 Å². The first kappa shape index (κ1) is 9.23. The lowest BCUT2D eigenvalue weighted by Gasteiger charge is -1.94. The van der Waals surface area contributed by atoms with Crippen molar-refractivity contribution < 1.29 is 0 Å². The Morgan fingerprint density at radius 3 is 2.82 bits per heavy atom. The van der Waals surface area contributed by atoms with Crippen LogP contribution in [-0.2, 0) is 6.42 Å².